The molecular weight excluding hydrogens is 404 g/mol. The summed E-state index contributed by atoms with van der Waals surface area (Å²) in [4.78, 5) is 38.6. The third kappa shape index (κ3) is 3.87. The molecule has 2 aliphatic carbocycles. The molecule has 1 atom stereocenters. The number of amides is 2. The summed E-state index contributed by atoms with van der Waals surface area (Å²) in [5.74, 6) is 0.122. The summed E-state index contributed by atoms with van der Waals surface area (Å²) < 4.78 is 4.83. The van der Waals surface area contributed by atoms with Gasteiger partial charge in [-0.1, -0.05) is 43.2 Å². The summed E-state index contributed by atoms with van der Waals surface area (Å²) in [5.41, 5.74) is 1.39. The van der Waals surface area contributed by atoms with Crippen molar-refractivity contribution in [2.24, 2.45) is 11.3 Å². The molecule has 3 aliphatic rings. The Labute approximate surface area is 188 Å². The quantitative estimate of drug-likeness (QED) is 0.781. The molecule has 2 saturated carbocycles. The Hall–Kier alpha value is -2.89. The highest BCUT2D eigenvalue weighted by molar-refractivity contribution is 5.93. The smallest absolute Gasteiger partial charge is 0.335 e. The van der Waals surface area contributed by atoms with Crippen molar-refractivity contribution in [1.29, 1.82) is 0 Å². The number of nitrogens with zero attached hydrogens (tertiary/aromatic N) is 1. The molecule has 5 rings (SSSR count). The first-order valence-corrected chi connectivity index (χ1v) is 11.7. The summed E-state index contributed by atoms with van der Waals surface area (Å²) >= 11 is 0. The molecule has 3 fully saturated rings. The number of carbonyl (C=O) groups is 2. The van der Waals surface area contributed by atoms with Crippen molar-refractivity contribution in [2.45, 2.75) is 50.4 Å². The van der Waals surface area contributed by atoms with Crippen molar-refractivity contribution in [2.75, 3.05) is 19.6 Å². The van der Waals surface area contributed by atoms with Crippen LogP contribution < -0.4 is 10.9 Å². The number of nitrogens with one attached hydrogen (secondary N) is 1. The third-order valence-corrected chi connectivity index (χ3v) is 8.05. The molecule has 0 bridgehead atoms. The lowest BCUT2D eigenvalue weighted by Gasteiger charge is -2.33. The number of hydrogen-bond donors (Lipinski definition) is 1. The van der Waals surface area contributed by atoms with Crippen LogP contribution in [0.5, 0.6) is 0 Å². The van der Waals surface area contributed by atoms with E-state index >= 15 is 0 Å². The van der Waals surface area contributed by atoms with Crippen molar-refractivity contribution >= 4 is 11.8 Å². The second-order valence-electron chi connectivity index (χ2n) is 9.83. The predicted molar refractivity (Wildman–Crippen MR) is 120 cm³/mol. The molecule has 1 spiro atoms. The summed E-state index contributed by atoms with van der Waals surface area (Å²) in [7, 11) is 0. The highest BCUT2D eigenvalue weighted by atomic mass is 16.4. The maximum atomic E-state index is 13.0. The van der Waals surface area contributed by atoms with E-state index in [2.05, 4.69) is 29.6 Å². The van der Waals surface area contributed by atoms with Gasteiger partial charge in [0.25, 0.3) is 5.91 Å². The van der Waals surface area contributed by atoms with E-state index in [1.807, 2.05) is 6.07 Å². The van der Waals surface area contributed by atoms with Gasteiger partial charge < -0.3 is 14.6 Å². The molecule has 6 heteroatoms. The van der Waals surface area contributed by atoms with E-state index in [4.69, 9.17) is 4.42 Å². The number of piperidine rings is 1. The number of benzene rings is 1. The van der Waals surface area contributed by atoms with Crippen LogP contribution in [-0.4, -0.2) is 36.3 Å². The first-order chi connectivity index (χ1) is 15.5. The second kappa shape index (κ2) is 8.23. The van der Waals surface area contributed by atoms with Crippen LogP contribution in [0, 0.1) is 11.3 Å². The van der Waals surface area contributed by atoms with Gasteiger partial charge >= 0.3 is 5.63 Å². The van der Waals surface area contributed by atoms with Gasteiger partial charge in [0.2, 0.25) is 5.91 Å². The van der Waals surface area contributed by atoms with Gasteiger partial charge in [-0.3, -0.25) is 9.59 Å². The van der Waals surface area contributed by atoms with E-state index in [0.29, 0.717) is 25.2 Å². The SMILES string of the molecule is O=C(NCC1(c2ccccc2)CCCC1)C1CC12CCN(C(=O)c1ccc(=O)oc1)CC2. The van der Waals surface area contributed by atoms with Gasteiger partial charge in [0, 0.05) is 37.0 Å². The Balaban J connectivity index is 1.16. The van der Waals surface area contributed by atoms with Crippen LogP contribution >= 0.6 is 0 Å². The molecular formula is C26H30N2O4. The average molecular weight is 435 g/mol. The molecule has 32 heavy (non-hydrogen) atoms. The summed E-state index contributed by atoms with van der Waals surface area (Å²) in [6.45, 7) is 1.98. The Kier molecular flexibility index (Phi) is 5.39. The number of hydrogen-bond acceptors (Lipinski definition) is 4. The normalized spacial score (nSPS) is 23.1. The van der Waals surface area contributed by atoms with Crippen molar-refractivity contribution in [3.8, 4) is 0 Å². The molecule has 2 aromatic rings. The summed E-state index contributed by atoms with van der Waals surface area (Å²) in [6, 6.07) is 13.4. The molecule has 1 aromatic heterocycles. The number of rotatable bonds is 5. The lowest BCUT2D eigenvalue weighted by Crippen LogP contribution is -2.42. The molecule has 168 valence electrons. The lowest BCUT2D eigenvalue weighted by molar-refractivity contribution is -0.123. The molecule has 1 unspecified atom stereocenters. The largest absolute Gasteiger partial charge is 0.430 e. The fraction of sp³-hybridized carbons (Fsp3) is 0.500. The van der Waals surface area contributed by atoms with E-state index in [1.54, 1.807) is 4.90 Å². The topological polar surface area (TPSA) is 79.6 Å². The molecule has 1 aromatic carbocycles. The zero-order chi connectivity index (χ0) is 22.2. The standard InChI is InChI=1S/C26H30N2O4/c29-22-9-8-19(17-32-22)24(31)28-14-12-25(13-15-28)16-21(25)23(30)27-18-26(10-4-5-11-26)20-6-2-1-3-7-20/h1-3,6-9,17,21H,4-5,10-16,18H2,(H,27,30). The maximum Gasteiger partial charge on any atom is 0.335 e. The van der Waals surface area contributed by atoms with Crippen molar-refractivity contribution in [3.05, 3.63) is 70.3 Å². The van der Waals surface area contributed by atoms with Crippen molar-refractivity contribution in [3.63, 3.8) is 0 Å². The zero-order valence-corrected chi connectivity index (χ0v) is 18.3. The van der Waals surface area contributed by atoms with Crippen molar-refractivity contribution in [1.82, 2.24) is 10.2 Å². The van der Waals surface area contributed by atoms with Crippen LogP contribution in [0.3, 0.4) is 0 Å². The van der Waals surface area contributed by atoms with Crippen LogP contribution in [0.2, 0.25) is 0 Å². The number of likely N-dealkylation sites (tertiary alicyclic amines) is 1. The van der Waals surface area contributed by atoms with Gasteiger partial charge in [-0.2, -0.15) is 0 Å². The van der Waals surface area contributed by atoms with E-state index in [-0.39, 0.29) is 28.6 Å². The highest BCUT2D eigenvalue weighted by Crippen LogP contribution is 2.59. The van der Waals surface area contributed by atoms with Gasteiger partial charge in [0.15, 0.2) is 0 Å². The van der Waals surface area contributed by atoms with Crippen LogP contribution in [0.1, 0.15) is 60.9 Å². The average Bonchev–Trinajstić information content (AvgIpc) is 3.30. The van der Waals surface area contributed by atoms with E-state index in [0.717, 1.165) is 32.1 Å². The Morgan fingerprint density at radius 2 is 1.72 bits per heavy atom. The van der Waals surface area contributed by atoms with Crippen LogP contribution in [0.25, 0.3) is 0 Å². The van der Waals surface area contributed by atoms with Crippen LogP contribution in [-0.2, 0) is 10.2 Å². The van der Waals surface area contributed by atoms with Gasteiger partial charge in [-0.25, -0.2) is 4.79 Å². The van der Waals surface area contributed by atoms with Crippen LogP contribution in [0.4, 0.5) is 0 Å². The molecule has 0 radical (unpaired) electrons. The van der Waals surface area contributed by atoms with Gasteiger partial charge in [-0.05, 0) is 49.1 Å². The second-order valence-corrected chi connectivity index (χ2v) is 9.83. The third-order valence-electron chi connectivity index (χ3n) is 8.05. The molecule has 1 saturated heterocycles. The minimum atomic E-state index is -0.461. The first-order valence-electron chi connectivity index (χ1n) is 11.7. The minimum absolute atomic E-state index is 0.0414. The predicted octanol–water partition coefficient (Wildman–Crippen LogP) is 3.51. The lowest BCUT2D eigenvalue weighted by atomic mass is 9.78. The van der Waals surface area contributed by atoms with E-state index < -0.39 is 5.63 Å². The molecule has 1 aliphatic heterocycles. The van der Waals surface area contributed by atoms with Gasteiger partial charge in [0.1, 0.15) is 6.26 Å². The first kappa shape index (κ1) is 21.0. The Morgan fingerprint density at radius 3 is 2.38 bits per heavy atom. The van der Waals surface area contributed by atoms with Gasteiger partial charge in [-0.15, -0.1) is 0 Å². The Morgan fingerprint density at radius 1 is 1.00 bits per heavy atom. The number of carbonyl (C=O) groups excluding carboxylic acids is 2. The fourth-order valence-corrected chi connectivity index (χ4v) is 5.88. The monoisotopic (exact) mass is 434 g/mol. The Bertz CT molecular complexity index is 1030. The molecule has 2 heterocycles. The van der Waals surface area contributed by atoms with Gasteiger partial charge in [0.05, 0.1) is 5.56 Å². The minimum Gasteiger partial charge on any atom is -0.430 e. The maximum absolute atomic E-state index is 13.0. The highest BCUT2D eigenvalue weighted by Gasteiger charge is 2.58. The zero-order valence-electron chi connectivity index (χ0n) is 18.3. The van der Waals surface area contributed by atoms with Crippen LogP contribution in [0.15, 0.2) is 57.9 Å². The van der Waals surface area contributed by atoms with Crippen molar-refractivity contribution < 1.29 is 14.0 Å². The molecule has 6 nitrogen and oxygen atoms in total. The summed E-state index contributed by atoms with van der Waals surface area (Å²) in [5, 5.41) is 3.30. The van der Waals surface area contributed by atoms with E-state index in [1.165, 1.54) is 36.8 Å². The molecule has 2 amide bonds. The fourth-order valence-electron chi connectivity index (χ4n) is 5.88. The summed E-state index contributed by atoms with van der Waals surface area (Å²) in [6.07, 6.45) is 8.52. The molecule has 1 N–H and O–H groups in total. The van der Waals surface area contributed by atoms with E-state index in [9.17, 15) is 14.4 Å².